The quantitative estimate of drug-likeness (QED) is 0.410. The van der Waals surface area contributed by atoms with E-state index in [-0.39, 0.29) is 0 Å². The zero-order valence-electron chi connectivity index (χ0n) is 12.6. The number of hydrogen-bond acceptors (Lipinski definition) is 5. The van der Waals surface area contributed by atoms with Crippen LogP contribution >= 0.6 is 11.8 Å². The van der Waals surface area contributed by atoms with E-state index in [1.165, 1.54) is 0 Å². The molecule has 0 fully saturated rings. The average Bonchev–Trinajstić information content (AvgIpc) is 2.52. The predicted octanol–water partition coefficient (Wildman–Crippen LogP) is 1.52. The van der Waals surface area contributed by atoms with Gasteiger partial charge in [-0.2, -0.15) is 11.8 Å². The van der Waals surface area contributed by atoms with Gasteiger partial charge >= 0.3 is 0 Å². The van der Waals surface area contributed by atoms with Gasteiger partial charge in [0.25, 0.3) is 5.91 Å². The van der Waals surface area contributed by atoms with Gasteiger partial charge in [0.15, 0.2) is 0 Å². The fourth-order valence-electron chi connectivity index (χ4n) is 1.87. The molecule has 0 aliphatic carbocycles. The highest BCUT2D eigenvalue weighted by molar-refractivity contribution is 7.99. The Morgan fingerprint density at radius 3 is 2.76 bits per heavy atom. The monoisotopic (exact) mass is 311 g/mol. The zero-order chi connectivity index (χ0) is 15.7. The van der Waals surface area contributed by atoms with Gasteiger partial charge in [0.1, 0.15) is 6.10 Å². The van der Waals surface area contributed by atoms with E-state index in [0.29, 0.717) is 6.42 Å². The summed E-state index contributed by atoms with van der Waals surface area (Å²) in [5, 5.41) is 9.90. The lowest BCUT2D eigenvalue weighted by atomic mass is 10.1. The molecule has 0 heterocycles. The topological polar surface area (TPSA) is 87.4 Å². The Labute approximate surface area is 130 Å². The number of aliphatic hydroxyl groups excluding tert-OH is 1. The van der Waals surface area contributed by atoms with E-state index in [1.807, 2.05) is 31.2 Å². The van der Waals surface area contributed by atoms with Gasteiger partial charge in [-0.1, -0.05) is 32.0 Å². The third-order valence-electron chi connectivity index (χ3n) is 3.19. The highest BCUT2D eigenvalue weighted by Crippen LogP contribution is 2.14. The number of nitrogens with two attached hydrogens (primary N) is 1. The summed E-state index contributed by atoms with van der Waals surface area (Å²) in [6.45, 7) is 4.10. The highest BCUT2D eigenvalue weighted by atomic mass is 32.2. The van der Waals surface area contributed by atoms with Crippen LogP contribution in [0.4, 0.5) is 5.69 Å². The maximum absolute atomic E-state index is 11.9. The van der Waals surface area contributed by atoms with Gasteiger partial charge in [-0.15, -0.1) is 0 Å². The molecule has 118 valence electrons. The van der Waals surface area contributed by atoms with Crippen LogP contribution in [0.25, 0.3) is 0 Å². The Bertz CT molecular complexity index is 443. The second-order valence-electron chi connectivity index (χ2n) is 4.72. The van der Waals surface area contributed by atoms with Crippen molar-refractivity contribution in [2.75, 3.05) is 16.9 Å². The minimum Gasteiger partial charge on any atom is -0.382 e. The summed E-state index contributed by atoms with van der Waals surface area (Å²) in [5.74, 6) is 1.34. The van der Waals surface area contributed by atoms with E-state index in [1.54, 1.807) is 11.8 Å². The van der Waals surface area contributed by atoms with E-state index in [4.69, 9.17) is 5.73 Å². The van der Waals surface area contributed by atoms with Crippen molar-refractivity contribution in [1.29, 1.82) is 0 Å². The van der Waals surface area contributed by atoms with Gasteiger partial charge in [0.05, 0.1) is 5.69 Å². The minimum absolute atomic E-state index is 0.505. The van der Waals surface area contributed by atoms with Gasteiger partial charge in [-0.25, -0.2) is 0 Å². The van der Waals surface area contributed by atoms with E-state index in [9.17, 15) is 9.90 Å². The van der Waals surface area contributed by atoms with Crippen molar-refractivity contribution in [1.82, 2.24) is 5.43 Å². The van der Waals surface area contributed by atoms with Crippen molar-refractivity contribution in [3.05, 3.63) is 29.8 Å². The fraction of sp³-hybridized carbons (Fsp3) is 0.533. The maximum atomic E-state index is 11.9. The number of hydrazine groups is 1. The third kappa shape index (κ3) is 5.95. The summed E-state index contributed by atoms with van der Waals surface area (Å²) in [5.41, 5.74) is 13.1. The molecule has 6 heteroatoms. The molecule has 0 spiro atoms. The lowest BCUT2D eigenvalue weighted by Gasteiger charge is -2.19. The number of anilines is 1. The predicted molar refractivity (Wildman–Crippen MR) is 89.2 cm³/mol. The summed E-state index contributed by atoms with van der Waals surface area (Å²) in [7, 11) is 0. The number of aliphatic hydroxyl groups is 1. The van der Waals surface area contributed by atoms with Crippen LogP contribution in [0.1, 0.15) is 25.8 Å². The van der Waals surface area contributed by atoms with Crippen molar-refractivity contribution in [2.45, 2.75) is 38.8 Å². The minimum atomic E-state index is -1.20. The largest absolute Gasteiger partial charge is 0.382 e. The maximum Gasteiger partial charge on any atom is 0.268 e. The number of carbonyl (C=O) groups excluding carboxylic acids is 1. The number of thioether (sulfide) groups is 1. The second-order valence-corrected chi connectivity index (χ2v) is 6.11. The first kappa shape index (κ1) is 17.8. The molecule has 0 radical (unpaired) electrons. The number of hydrogen-bond donors (Lipinski definition) is 4. The molecule has 5 nitrogen and oxygen atoms in total. The van der Waals surface area contributed by atoms with Crippen LogP contribution in [0.15, 0.2) is 24.3 Å². The lowest BCUT2D eigenvalue weighted by Crippen LogP contribution is -2.48. The molecule has 0 bridgehead atoms. The normalized spacial score (nSPS) is 13.5. The lowest BCUT2D eigenvalue weighted by molar-refractivity contribution is -0.129. The Balaban J connectivity index is 2.45. The number of amides is 1. The summed E-state index contributed by atoms with van der Waals surface area (Å²) in [6.07, 6.45) is 0.261. The fourth-order valence-corrected chi connectivity index (χ4v) is 2.60. The molecule has 1 aromatic carbocycles. The molecular formula is C15H25N3O2S. The van der Waals surface area contributed by atoms with Crippen LogP contribution in [0.3, 0.4) is 0 Å². The van der Waals surface area contributed by atoms with Crippen LogP contribution in [-0.4, -0.2) is 34.7 Å². The van der Waals surface area contributed by atoms with Crippen molar-refractivity contribution < 1.29 is 9.90 Å². The molecule has 1 unspecified atom stereocenters. The highest BCUT2D eigenvalue weighted by Gasteiger charge is 2.22. The van der Waals surface area contributed by atoms with Gasteiger partial charge in [-0.05, 0) is 36.0 Å². The van der Waals surface area contributed by atoms with E-state index >= 15 is 0 Å². The van der Waals surface area contributed by atoms with Crippen LogP contribution in [0.5, 0.6) is 0 Å². The van der Waals surface area contributed by atoms with Crippen LogP contribution in [0.2, 0.25) is 0 Å². The summed E-state index contributed by atoms with van der Waals surface area (Å²) in [6, 6.07) is 7.15. The Hall–Kier alpha value is -1.24. The van der Waals surface area contributed by atoms with Crippen molar-refractivity contribution in [3.8, 4) is 0 Å². The summed E-state index contributed by atoms with van der Waals surface area (Å²) in [4.78, 5) is 11.9. The Morgan fingerprint density at radius 2 is 2.10 bits per heavy atom. The van der Waals surface area contributed by atoms with Gasteiger partial charge in [-0.3, -0.25) is 15.6 Å². The van der Waals surface area contributed by atoms with Crippen LogP contribution in [0, 0.1) is 0 Å². The number of rotatable bonds is 9. The molecule has 21 heavy (non-hydrogen) atoms. The molecule has 0 saturated carbocycles. The van der Waals surface area contributed by atoms with Crippen LogP contribution in [-0.2, 0) is 11.2 Å². The molecular weight excluding hydrogens is 286 g/mol. The van der Waals surface area contributed by atoms with Gasteiger partial charge in [0, 0.05) is 6.04 Å². The van der Waals surface area contributed by atoms with Gasteiger partial charge < -0.3 is 10.8 Å². The third-order valence-corrected chi connectivity index (χ3v) is 4.13. The summed E-state index contributed by atoms with van der Waals surface area (Å²) >= 11 is 1.74. The van der Waals surface area contributed by atoms with E-state index in [0.717, 1.165) is 29.2 Å². The standard InChI is InChI=1S/C15H25N3O2S/c1-3-11-7-5-6-8-13(11)17-18-15(20)14(19)12(16)9-10-21-4-2/h5-8,12,14,17,19H,3-4,9-10,16H2,1-2H3,(H,18,20)/t12-,14?/m1/s1. The number of benzene rings is 1. The molecule has 1 amide bonds. The molecule has 0 aliphatic heterocycles. The average molecular weight is 311 g/mol. The number of carbonyl (C=O) groups is 1. The van der Waals surface area contributed by atoms with Crippen LogP contribution < -0.4 is 16.6 Å². The molecule has 1 aromatic rings. The second kappa shape index (κ2) is 9.65. The molecule has 5 N–H and O–H groups in total. The van der Waals surface area contributed by atoms with Crippen molar-refractivity contribution in [2.24, 2.45) is 5.73 Å². The molecule has 0 aliphatic rings. The SMILES string of the molecule is CCSCC[C@@H](N)C(O)C(=O)NNc1ccccc1CC. The molecule has 0 aromatic heterocycles. The smallest absolute Gasteiger partial charge is 0.268 e. The number of nitrogens with one attached hydrogen (secondary N) is 2. The Kier molecular flexibility index (Phi) is 8.19. The van der Waals surface area contributed by atoms with Crippen molar-refractivity contribution in [3.63, 3.8) is 0 Å². The van der Waals surface area contributed by atoms with Gasteiger partial charge in [0.2, 0.25) is 0 Å². The first-order chi connectivity index (χ1) is 10.1. The zero-order valence-corrected chi connectivity index (χ0v) is 13.5. The van der Waals surface area contributed by atoms with E-state index in [2.05, 4.69) is 17.8 Å². The first-order valence-electron chi connectivity index (χ1n) is 7.25. The molecule has 0 saturated heterocycles. The summed E-state index contributed by atoms with van der Waals surface area (Å²) < 4.78 is 0. The Morgan fingerprint density at radius 1 is 1.38 bits per heavy atom. The number of para-hydroxylation sites is 1. The molecule has 1 rings (SSSR count). The van der Waals surface area contributed by atoms with E-state index < -0.39 is 18.1 Å². The number of aryl methyl sites for hydroxylation is 1. The van der Waals surface area contributed by atoms with Crippen molar-refractivity contribution >= 4 is 23.4 Å². The first-order valence-corrected chi connectivity index (χ1v) is 8.40. The molecule has 2 atom stereocenters.